The highest BCUT2D eigenvalue weighted by atomic mass is 15.1. The zero-order valence-electron chi connectivity index (χ0n) is 14.0. The van der Waals surface area contributed by atoms with Crippen molar-refractivity contribution in [3.8, 4) is 0 Å². The van der Waals surface area contributed by atoms with Gasteiger partial charge in [-0.25, -0.2) is 4.98 Å². The van der Waals surface area contributed by atoms with Gasteiger partial charge in [-0.1, -0.05) is 59.3 Å². The molecule has 2 nitrogen and oxygen atoms in total. The second-order valence-corrected chi connectivity index (χ2v) is 5.96. The van der Waals surface area contributed by atoms with Crippen LogP contribution in [0, 0.1) is 0 Å². The minimum absolute atomic E-state index is 1.16. The molecule has 0 fully saturated rings. The Balaban J connectivity index is 2.55. The van der Waals surface area contributed by atoms with Crippen LogP contribution in [-0.2, 0) is 19.4 Å². The molecule has 0 aliphatic heterocycles. The van der Waals surface area contributed by atoms with E-state index in [2.05, 4.69) is 31.5 Å². The molecule has 0 aromatic carbocycles. The van der Waals surface area contributed by atoms with E-state index < -0.39 is 0 Å². The summed E-state index contributed by atoms with van der Waals surface area (Å²) in [6.07, 6.45) is 16.4. The maximum atomic E-state index is 4.90. The quantitative estimate of drug-likeness (QED) is 0.459. The van der Waals surface area contributed by atoms with Gasteiger partial charge in [0.25, 0.3) is 0 Å². The molecule has 0 unspecified atom stereocenters. The van der Waals surface area contributed by atoms with Gasteiger partial charge in [-0.2, -0.15) is 0 Å². The van der Waals surface area contributed by atoms with E-state index in [1.807, 2.05) is 0 Å². The van der Waals surface area contributed by atoms with Gasteiger partial charge in [-0.05, 0) is 25.7 Å². The molecule has 20 heavy (non-hydrogen) atoms. The molecule has 0 aliphatic carbocycles. The van der Waals surface area contributed by atoms with Crippen LogP contribution in [0.2, 0.25) is 0 Å². The van der Waals surface area contributed by atoms with Gasteiger partial charge < -0.3 is 4.57 Å². The molecule has 0 amide bonds. The normalized spacial score (nSPS) is 11.2. The third kappa shape index (κ3) is 6.58. The summed E-state index contributed by atoms with van der Waals surface area (Å²) in [4.78, 5) is 4.90. The van der Waals surface area contributed by atoms with Crippen LogP contribution in [0.1, 0.15) is 90.1 Å². The van der Waals surface area contributed by atoms with Gasteiger partial charge in [-0.15, -0.1) is 0 Å². The Bertz CT molecular complexity index is 314. The number of aryl methyl sites for hydroxylation is 3. The molecule has 0 spiro atoms. The van der Waals surface area contributed by atoms with Crippen molar-refractivity contribution in [3.63, 3.8) is 0 Å². The molecule has 0 atom stereocenters. The molecule has 0 bridgehead atoms. The number of imidazole rings is 1. The Morgan fingerprint density at radius 3 is 2.05 bits per heavy atom. The second-order valence-electron chi connectivity index (χ2n) is 5.96. The van der Waals surface area contributed by atoms with Gasteiger partial charge in [0.1, 0.15) is 5.82 Å². The summed E-state index contributed by atoms with van der Waals surface area (Å²) >= 11 is 0. The summed E-state index contributed by atoms with van der Waals surface area (Å²) in [5.41, 5.74) is 1.32. The highest BCUT2D eigenvalue weighted by Gasteiger charge is 2.07. The van der Waals surface area contributed by atoms with Crippen molar-refractivity contribution in [2.24, 2.45) is 0 Å². The maximum absolute atomic E-state index is 4.90. The average molecular weight is 278 g/mol. The zero-order valence-corrected chi connectivity index (χ0v) is 14.0. The van der Waals surface area contributed by atoms with Crippen molar-refractivity contribution in [1.82, 2.24) is 9.55 Å². The largest absolute Gasteiger partial charge is 0.335 e. The third-order valence-electron chi connectivity index (χ3n) is 3.95. The lowest BCUT2D eigenvalue weighted by atomic mass is 10.2. The van der Waals surface area contributed by atoms with E-state index in [0.717, 1.165) is 19.4 Å². The number of hydrogen-bond donors (Lipinski definition) is 0. The zero-order chi connectivity index (χ0) is 14.6. The van der Waals surface area contributed by atoms with Crippen LogP contribution in [-0.4, -0.2) is 9.55 Å². The molecule has 2 heteroatoms. The Kier molecular flexibility index (Phi) is 9.44. The first-order valence-corrected chi connectivity index (χ1v) is 8.86. The monoisotopic (exact) mass is 278 g/mol. The smallest absolute Gasteiger partial charge is 0.108 e. The Labute approximate surface area is 126 Å². The van der Waals surface area contributed by atoms with Gasteiger partial charge in [0.15, 0.2) is 0 Å². The number of unbranched alkanes of at least 4 members (excludes halogenated alkanes) is 6. The van der Waals surface area contributed by atoms with Crippen molar-refractivity contribution in [2.45, 2.75) is 97.9 Å². The van der Waals surface area contributed by atoms with E-state index in [4.69, 9.17) is 4.98 Å². The molecule has 1 aromatic rings. The van der Waals surface area contributed by atoms with Crippen LogP contribution in [0.15, 0.2) is 6.20 Å². The van der Waals surface area contributed by atoms with Gasteiger partial charge in [0.05, 0.1) is 5.69 Å². The number of hydrogen-bond acceptors (Lipinski definition) is 1. The molecule has 1 rings (SSSR count). The second kappa shape index (κ2) is 10.9. The van der Waals surface area contributed by atoms with E-state index in [0.29, 0.717) is 0 Å². The summed E-state index contributed by atoms with van der Waals surface area (Å²) in [6, 6.07) is 0. The van der Waals surface area contributed by atoms with E-state index >= 15 is 0 Å². The number of rotatable bonds is 12. The van der Waals surface area contributed by atoms with Crippen LogP contribution in [0.5, 0.6) is 0 Å². The number of nitrogens with zero attached hydrogens (tertiary/aromatic N) is 2. The topological polar surface area (TPSA) is 17.8 Å². The highest BCUT2D eigenvalue weighted by molar-refractivity contribution is 5.05. The SMILES string of the molecule is CCCCCc1cn(CCCCC)c(CCCCC)n1. The van der Waals surface area contributed by atoms with Gasteiger partial charge in [-0.3, -0.25) is 0 Å². The lowest BCUT2D eigenvalue weighted by Crippen LogP contribution is -2.03. The maximum Gasteiger partial charge on any atom is 0.108 e. The van der Waals surface area contributed by atoms with Crippen molar-refractivity contribution in [1.29, 1.82) is 0 Å². The summed E-state index contributed by atoms with van der Waals surface area (Å²) in [7, 11) is 0. The summed E-state index contributed by atoms with van der Waals surface area (Å²) in [5, 5.41) is 0. The molecule has 0 saturated heterocycles. The fraction of sp³-hybridized carbons (Fsp3) is 0.833. The first kappa shape index (κ1) is 17.3. The Morgan fingerprint density at radius 2 is 1.40 bits per heavy atom. The first-order chi connectivity index (χ1) is 9.81. The average Bonchev–Trinajstić information content (AvgIpc) is 2.82. The predicted octanol–water partition coefficient (Wildman–Crippen LogP) is 5.54. The molecule has 0 radical (unpaired) electrons. The van der Waals surface area contributed by atoms with E-state index in [9.17, 15) is 0 Å². The molecular formula is C18H34N2. The minimum Gasteiger partial charge on any atom is -0.335 e. The summed E-state index contributed by atoms with van der Waals surface area (Å²) in [6.45, 7) is 7.96. The van der Waals surface area contributed by atoms with E-state index in [1.165, 1.54) is 69.3 Å². The fourth-order valence-corrected chi connectivity index (χ4v) is 2.65. The fourth-order valence-electron chi connectivity index (χ4n) is 2.65. The lowest BCUT2D eigenvalue weighted by Gasteiger charge is -2.06. The molecule has 0 aliphatic rings. The standard InChI is InChI=1S/C18H34N2/c1-4-7-10-13-17-16-20(15-12-9-6-3)18(19-17)14-11-8-5-2/h16H,4-15H2,1-3H3. The molecule has 0 N–H and O–H groups in total. The summed E-state index contributed by atoms with van der Waals surface area (Å²) in [5.74, 6) is 1.33. The van der Waals surface area contributed by atoms with Crippen LogP contribution in [0.25, 0.3) is 0 Å². The molecule has 1 aromatic heterocycles. The summed E-state index contributed by atoms with van der Waals surface area (Å²) < 4.78 is 2.44. The van der Waals surface area contributed by atoms with Crippen molar-refractivity contribution < 1.29 is 0 Å². The van der Waals surface area contributed by atoms with Crippen LogP contribution in [0.4, 0.5) is 0 Å². The Morgan fingerprint density at radius 1 is 0.800 bits per heavy atom. The Hall–Kier alpha value is -0.790. The van der Waals surface area contributed by atoms with Gasteiger partial charge in [0.2, 0.25) is 0 Å². The lowest BCUT2D eigenvalue weighted by molar-refractivity contribution is 0.568. The molecule has 1 heterocycles. The van der Waals surface area contributed by atoms with Crippen LogP contribution >= 0.6 is 0 Å². The molecular weight excluding hydrogens is 244 g/mol. The molecule has 0 saturated carbocycles. The van der Waals surface area contributed by atoms with Crippen molar-refractivity contribution >= 4 is 0 Å². The first-order valence-electron chi connectivity index (χ1n) is 8.86. The van der Waals surface area contributed by atoms with Crippen LogP contribution in [0.3, 0.4) is 0 Å². The highest BCUT2D eigenvalue weighted by Crippen LogP contribution is 2.13. The van der Waals surface area contributed by atoms with Gasteiger partial charge >= 0.3 is 0 Å². The number of aromatic nitrogens is 2. The van der Waals surface area contributed by atoms with E-state index in [-0.39, 0.29) is 0 Å². The van der Waals surface area contributed by atoms with Crippen LogP contribution < -0.4 is 0 Å². The van der Waals surface area contributed by atoms with Crippen molar-refractivity contribution in [3.05, 3.63) is 17.7 Å². The van der Waals surface area contributed by atoms with Crippen molar-refractivity contribution in [2.75, 3.05) is 0 Å². The predicted molar refractivity (Wildman–Crippen MR) is 88.2 cm³/mol. The van der Waals surface area contributed by atoms with E-state index in [1.54, 1.807) is 0 Å². The van der Waals surface area contributed by atoms with Gasteiger partial charge in [0, 0.05) is 19.2 Å². The third-order valence-corrected chi connectivity index (χ3v) is 3.95. The molecule has 116 valence electrons. The minimum atomic E-state index is 1.16.